The van der Waals surface area contributed by atoms with Gasteiger partial charge >= 0.3 is 0 Å². The molecule has 19 heavy (non-hydrogen) atoms. The lowest BCUT2D eigenvalue weighted by Gasteiger charge is -2.05. The molecule has 1 aromatic carbocycles. The Morgan fingerprint density at radius 2 is 1.89 bits per heavy atom. The highest BCUT2D eigenvalue weighted by molar-refractivity contribution is 9.08. The standard InChI is InChI=1S/C13H11BrN2O2S/c14-7-8-1-3-9(4-2-8)12(18)16-13-10(11(15)17)5-6-19-13/h1-6H,7H2,(H2,15,17)(H,16,18). The van der Waals surface area contributed by atoms with Gasteiger partial charge in [-0.2, -0.15) is 0 Å². The van der Waals surface area contributed by atoms with Crippen LogP contribution in [0.2, 0.25) is 0 Å². The zero-order valence-corrected chi connectivity index (χ0v) is 12.3. The van der Waals surface area contributed by atoms with E-state index in [9.17, 15) is 9.59 Å². The number of anilines is 1. The molecule has 3 N–H and O–H groups in total. The molecule has 1 heterocycles. The van der Waals surface area contributed by atoms with Crippen LogP contribution in [-0.4, -0.2) is 11.8 Å². The van der Waals surface area contributed by atoms with E-state index in [-0.39, 0.29) is 5.91 Å². The van der Waals surface area contributed by atoms with Crippen molar-refractivity contribution in [2.75, 3.05) is 5.32 Å². The van der Waals surface area contributed by atoms with Crippen LogP contribution in [0.5, 0.6) is 0 Å². The van der Waals surface area contributed by atoms with Crippen molar-refractivity contribution < 1.29 is 9.59 Å². The Hall–Kier alpha value is -1.66. The Labute approximate surface area is 122 Å². The maximum absolute atomic E-state index is 12.0. The molecule has 0 radical (unpaired) electrons. The zero-order chi connectivity index (χ0) is 13.8. The highest BCUT2D eigenvalue weighted by Crippen LogP contribution is 2.23. The molecule has 0 saturated heterocycles. The van der Waals surface area contributed by atoms with Crippen LogP contribution >= 0.6 is 27.3 Å². The first-order chi connectivity index (χ1) is 9.11. The number of carbonyl (C=O) groups is 2. The molecular formula is C13H11BrN2O2S. The third kappa shape index (κ3) is 3.21. The molecule has 1 aromatic heterocycles. The first kappa shape index (κ1) is 13.8. The molecule has 2 amide bonds. The van der Waals surface area contributed by atoms with Crippen molar-refractivity contribution in [3.05, 3.63) is 52.4 Å². The lowest BCUT2D eigenvalue weighted by atomic mass is 10.1. The topological polar surface area (TPSA) is 72.2 Å². The van der Waals surface area contributed by atoms with Gasteiger partial charge in [-0.15, -0.1) is 11.3 Å². The largest absolute Gasteiger partial charge is 0.366 e. The summed E-state index contributed by atoms with van der Waals surface area (Å²) in [6.45, 7) is 0. The second-order valence-corrected chi connectivity index (χ2v) is 5.29. The summed E-state index contributed by atoms with van der Waals surface area (Å²) in [6, 6.07) is 8.81. The first-order valence-electron chi connectivity index (χ1n) is 5.45. The Morgan fingerprint density at radius 1 is 1.21 bits per heavy atom. The summed E-state index contributed by atoms with van der Waals surface area (Å²) in [5.41, 5.74) is 7.18. The third-order valence-electron chi connectivity index (χ3n) is 2.53. The van der Waals surface area contributed by atoms with Gasteiger partial charge in [0.25, 0.3) is 11.8 Å². The van der Waals surface area contributed by atoms with Crippen LogP contribution in [0.1, 0.15) is 26.3 Å². The Bertz CT molecular complexity index is 607. The molecule has 0 spiro atoms. The molecule has 4 nitrogen and oxygen atoms in total. The summed E-state index contributed by atoms with van der Waals surface area (Å²) in [5.74, 6) is -0.808. The minimum Gasteiger partial charge on any atom is -0.366 e. The molecule has 0 atom stereocenters. The number of carbonyl (C=O) groups excluding carboxylic acids is 2. The first-order valence-corrected chi connectivity index (χ1v) is 7.45. The van der Waals surface area contributed by atoms with Gasteiger partial charge in [0.05, 0.1) is 5.56 Å². The number of benzene rings is 1. The normalized spacial score (nSPS) is 10.2. The minimum atomic E-state index is -0.550. The SMILES string of the molecule is NC(=O)c1ccsc1NC(=O)c1ccc(CBr)cc1. The smallest absolute Gasteiger partial charge is 0.256 e. The summed E-state index contributed by atoms with van der Waals surface area (Å²) >= 11 is 4.61. The molecule has 0 aliphatic rings. The molecule has 6 heteroatoms. The van der Waals surface area contributed by atoms with Gasteiger partial charge in [-0.05, 0) is 29.1 Å². The van der Waals surface area contributed by atoms with Crippen molar-refractivity contribution in [1.82, 2.24) is 0 Å². The fourth-order valence-electron chi connectivity index (χ4n) is 1.52. The second kappa shape index (κ2) is 5.99. The van der Waals surface area contributed by atoms with Crippen molar-refractivity contribution in [2.45, 2.75) is 5.33 Å². The van der Waals surface area contributed by atoms with Crippen LogP contribution in [0.3, 0.4) is 0 Å². The molecule has 0 bridgehead atoms. The van der Waals surface area contributed by atoms with E-state index >= 15 is 0 Å². The number of halogens is 1. The van der Waals surface area contributed by atoms with E-state index in [0.717, 1.165) is 10.9 Å². The van der Waals surface area contributed by atoms with E-state index < -0.39 is 5.91 Å². The van der Waals surface area contributed by atoms with Crippen LogP contribution in [-0.2, 0) is 5.33 Å². The maximum atomic E-state index is 12.0. The van der Waals surface area contributed by atoms with Gasteiger partial charge < -0.3 is 11.1 Å². The van der Waals surface area contributed by atoms with Crippen LogP contribution in [0.4, 0.5) is 5.00 Å². The van der Waals surface area contributed by atoms with Gasteiger partial charge in [0.2, 0.25) is 0 Å². The summed E-state index contributed by atoms with van der Waals surface area (Å²) in [4.78, 5) is 23.2. The molecule has 0 aliphatic heterocycles. The predicted octanol–water partition coefficient (Wildman–Crippen LogP) is 2.99. The Morgan fingerprint density at radius 3 is 2.47 bits per heavy atom. The number of thiophene rings is 1. The average molecular weight is 339 g/mol. The van der Waals surface area contributed by atoms with Gasteiger partial charge in [-0.25, -0.2) is 0 Å². The van der Waals surface area contributed by atoms with Crippen molar-refractivity contribution >= 4 is 44.1 Å². The highest BCUT2D eigenvalue weighted by atomic mass is 79.9. The van der Waals surface area contributed by atoms with E-state index in [2.05, 4.69) is 21.2 Å². The molecule has 2 aromatic rings. The number of hydrogen-bond acceptors (Lipinski definition) is 3. The highest BCUT2D eigenvalue weighted by Gasteiger charge is 2.13. The average Bonchev–Trinajstić information content (AvgIpc) is 2.87. The quantitative estimate of drug-likeness (QED) is 0.841. The Kier molecular flexibility index (Phi) is 4.34. The van der Waals surface area contributed by atoms with E-state index in [4.69, 9.17) is 5.73 Å². The number of rotatable bonds is 4. The number of nitrogens with two attached hydrogens (primary N) is 1. The fourth-order valence-corrected chi connectivity index (χ4v) is 2.68. The molecule has 0 saturated carbocycles. The molecule has 0 fully saturated rings. The lowest BCUT2D eigenvalue weighted by Crippen LogP contribution is -2.16. The number of primary amides is 1. The Balaban J connectivity index is 2.16. The molecule has 0 unspecified atom stereocenters. The van der Waals surface area contributed by atoms with Gasteiger partial charge in [-0.1, -0.05) is 28.1 Å². The third-order valence-corrected chi connectivity index (χ3v) is 4.01. The number of alkyl halides is 1. The van der Waals surface area contributed by atoms with Crippen LogP contribution in [0, 0.1) is 0 Å². The monoisotopic (exact) mass is 338 g/mol. The van der Waals surface area contributed by atoms with Crippen molar-refractivity contribution in [3.8, 4) is 0 Å². The minimum absolute atomic E-state index is 0.258. The van der Waals surface area contributed by atoms with Crippen molar-refractivity contribution in [3.63, 3.8) is 0 Å². The van der Waals surface area contributed by atoms with Gasteiger partial charge in [0, 0.05) is 10.9 Å². The molecule has 2 rings (SSSR count). The molecule has 98 valence electrons. The van der Waals surface area contributed by atoms with Gasteiger partial charge in [0.15, 0.2) is 0 Å². The van der Waals surface area contributed by atoms with Crippen LogP contribution < -0.4 is 11.1 Å². The second-order valence-electron chi connectivity index (χ2n) is 3.81. The van der Waals surface area contributed by atoms with Crippen LogP contribution in [0.25, 0.3) is 0 Å². The van der Waals surface area contributed by atoms with Gasteiger partial charge in [-0.3, -0.25) is 9.59 Å². The number of nitrogens with one attached hydrogen (secondary N) is 1. The fraction of sp³-hybridized carbons (Fsp3) is 0.0769. The van der Waals surface area contributed by atoms with E-state index in [1.54, 1.807) is 23.6 Å². The maximum Gasteiger partial charge on any atom is 0.256 e. The molecule has 0 aliphatic carbocycles. The van der Waals surface area contributed by atoms with Crippen molar-refractivity contribution in [1.29, 1.82) is 0 Å². The summed E-state index contributed by atoms with van der Waals surface area (Å²) in [6.07, 6.45) is 0. The summed E-state index contributed by atoms with van der Waals surface area (Å²) in [5, 5.41) is 5.62. The number of amides is 2. The van der Waals surface area contributed by atoms with Crippen molar-refractivity contribution in [2.24, 2.45) is 5.73 Å². The van der Waals surface area contributed by atoms with E-state index in [0.29, 0.717) is 16.1 Å². The number of hydrogen-bond donors (Lipinski definition) is 2. The predicted molar refractivity (Wildman–Crippen MR) is 79.9 cm³/mol. The van der Waals surface area contributed by atoms with Gasteiger partial charge in [0.1, 0.15) is 5.00 Å². The zero-order valence-electron chi connectivity index (χ0n) is 9.85. The van der Waals surface area contributed by atoms with E-state index in [1.807, 2.05) is 12.1 Å². The summed E-state index contributed by atoms with van der Waals surface area (Å²) in [7, 11) is 0. The van der Waals surface area contributed by atoms with Crippen LogP contribution in [0.15, 0.2) is 35.7 Å². The molecular weight excluding hydrogens is 328 g/mol. The van der Waals surface area contributed by atoms with E-state index in [1.165, 1.54) is 11.3 Å². The lowest BCUT2D eigenvalue weighted by molar-refractivity contribution is 0.100. The summed E-state index contributed by atoms with van der Waals surface area (Å²) < 4.78 is 0.